The molecule has 0 amide bonds. The third-order valence-corrected chi connectivity index (χ3v) is 6.78. The molecule has 1 aliphatic carbocycles. The highest BCUT2D eigenvalue weighted by atomic mass is 28.3. The van der Waals surface area contributed by atoms with Crippen LogP contribution in [0, 0.1) is 17.8 Å². The molecule has 0 N–H and O–H groups in total. The predicted octanol–water partition coefficient (Wildman–Crippen LogP) is 4.53. The Morgan fingerprint density at radius 1 is 1.07 bits per heavy atom. The van der Waals surface area contributed by atoms with Gasteiger partial charge in [0.05, 0.1) is 7.11 Å². The Bertz CT molecular complexity index is 679. The summed E-state index contributed by atoms with van der Waals surface area (Å²) in [6.45, 7) is 13.9. The summed E-state index contributed by atoms with van der Waals surface area (Å²) < 4.78 is 15.5. The van der Waals surface area contributed by atoms with Crippen molar-refractivity contribution in [1.29, 1.82) is 0 Å². The highest BCUT2D eigenvalue weighted by molar-refractivity contribution is 6.76. The molecule has 1 aliphatic rings. The quantitative estimate of drug-likeness (QED) is 0.228. The van der Waals surface area contributed by atoms with Gasteiger partial charge in [-0.3, -0.25) is 9.59 Å². The van der Waals surface area contributed by atoms with E-state index in [4.69, 9.17) is 14.2 Å². The summed E-state index contributed by atoms with van der Waals surface area (Å²) >= 11 is 0. The van der Waals surface area contributed by atoms with Gasteiger partial charge in [0.15, 0.2) is 0 Å². The third-order valence-electron chi connectivity index (χ3n) is 5.30. The molecule has 170 valence electrons. The van der Waals surface area contributed by atoms with Gasteiger partial charge in [-0.2, -0.15) is 0 Å². The van der Waals surface area contributed by atoms with Crippen molar-refractivity contribution in [3.8, 4) is 0 Å². The number of allylic oxidation sites excluding steroid dienone is 2. The Kier molecular flexibility index (Phi) is 10.0. The second kappa shape index (κ2) is 11.5. The standard InChI is InChI=1S/C23H38O6Si/c1-15(2)20-10-9-19(14-30(6,7)8)22(23(26)27-5)21(20)11-18(12-28-16(3)24)13-29-17(4)25/h11,15,20-21H,9-10,12-14H2,1-8H3/t20-,21-/m1/s1. The number of rotatable bonds is 9. The van der Waals surface area contributed by atoms with Gasteiger partial charge in [0.2, 0.25) is 0 Å². The van der Waals surface area contributed by atoms with Gasteiger partial charge < -0.3 is 14.2 Å². The van der Waals surface area contributed by atoms with E-state index in [1.807, 2.05) is 6.08 Å². The third kappa shape index (κ3) is 8.46. The van der Waals surface area contributed by atoms with E-state index in [1.165, 1.54) is 26.5 Å². The van der Waals surface area contributed by atoms with Crippen LogP contribution in [-0.4, -0.2) is 46.3 Å². The molecule has 0 bridgehead atoms. The van der Waals surface area contributed by atoms with Crippen LogP contribution in [0.2, 0.25) is 25.7 Å². The van der Waals surface area contributed by atoms with E-state index in [9.17, 15) is 14.4 Å². The molecule has 30 heavy (non-hydrogen) atoms. The number of hydrogen-bond acceptors (Lipinski definition) is 6. The Morgan fingerprint density at radius 2 is 1.60 bits per heavy atom. The molecule has 0 aliphatic heterocycles. The number of ether oxygens (including phenoxy) is 3. The van der Waals surface area contributed by atoms with Crippen LogP contribution in [0.1, 0.15) is 40.5 Å². The van der Waals surface area contributed by atoms with Crippen molar-refractivity contribution in [3.63, 3.8) is 0 Å². The normalized spacial score (nSPS) is 19.4. The van der Waals surface area contributed by atoms with Crippen molar-refractivity contribution in [2.24, 2.45) is 17.8 Å². The second-order valence-corrected chi connectivity index (χ2v) is 15.1. The van der Waals surface area contributed by atoms with Crippen LogP contribution in [0.4, 0.5) is 0 Å². The molecule has 0 spiro atoms. The Labute approximate surface area is 182 Å². The van der Waals surface area contributed by atoms with Gasteiger partial charge in [0, 0.05) is 39.0 Å². The van der Waals surface area contributed by atoms with E-state index in [-0.39, 0.29) is 31.0 Å². The molecule has 0 aromatic heterocycles. The smallest absolute Gasteiger partial charge is 0.334 e. The zero-order chi connectivity index (χ0) is 23.1. The van der Waals surface area contributed by atoms with Crippen molar-refractivity contribution in [2.45, 2.75) is 66.2 Å². The maximum Gasteiger partial charge on any atom is 0.334 e. The maximum atomic E-state index is 12.9. The van der Waals surface area contributed by atoms with E-state index >= 15 is 0 Å². The molecule has 0 fully saturated rings. The monoisotopic (exact) mass is 438 g/mol. The lowest BCUT2D eigenvalue weighted by atomic mass is 9.70. The van der Waals surface area contributed by atoms with Crippen LogP contribution < -0.4 is 0 Å². The van der Waals surface area contributed by atoms with Gasteiger partial charge >= 0.3 is 17.9 Å². The highest BCUT2D eigenvalue weighted by Crippen LogP contribution is 2.43. The summed E-state index contributed by atoms with van der Waals surface area (Å²) in [6, 6.07) is 0.940. The summed E-state index contributed by atoms with van der Waals surface area (Å²) in [6.07, 6.45) is 3.84. The van der Waals surface area contributed by atoms with Crippen molar-refractivity contribution in [1.82, 2.24) is 0 Å². The zero-order valence-corrected chi connectivity index (χ0v) is 20.8. The first-order valence-corrected chi connectivity index (χ1v) is 14.3. The Morgan fingerprint density at radius 3 is 2.00 bits per heavy atom. The summed E-state index contributed by atoms with van der Waals surface area (Å²) in [5.74, 6) is -0.683. The molecule has 0 radical (unpaired) electrons. The van der Waals surface area contributed by atoms with E-state index < -0.39 is 20.0 Å². The number of carbonyl (C=O) groups is 3. The van der Waals surface area contributed by atoms with Crippen molar-refractivity contribution in [2.75, 3.05) is 20.3 Å². The number of esters is 3. The average molecular weight is 439 g/mol. The van der Waals surface area contributed by atoms with Crippen molar-refractivity contribution < 1.29 is 28.6 Å². The van der Waals surface area contributed by atoms with Crippen molar-refractivity contribution >= 4 is 26.0 Å². The highest BCUT2D eigenvalue weighted by Gasteiger charge is 2.37. The van der Waals surface area contributed by atoms with Crippen LogP contribution in [0.15, 0.2) is 22.8 Å². The number of methoxy groups -OCH3 is 1. The molecule has 7 heteroatoms. The lowest BCUT2D eigenvalue weighted by Gasteiger charge is -2.37. The van der Waals surface area contributed by atoms with Crippen LogP contribution >= 0.6 is 0 Å². The molecule has 0 aromatic carbocycles. The lowest BCUT2D eigenvalue weighted by Crippen LogP contribution is -2.33. The predicted molar refractivity (Wildman–Crippen MR) is 120 cm³/mol. The SMILES string of the molecule is COC(=O)C1=C(C[Si](C)(C)C)CC[C@H](C(C)C)[C@H]1C=C(COC(C)=O)COC(C)=O. The fourth-order valence-corrected chi connectivity index (χ4v) is 5.70. The van der Waals surface area contributed by atoms with E-state index in [2.05, 4.69) is 33.5 Å². The minimum absolute atomic E-state index is 0.0295. The molecular weight excluding hydrogens is 400 g/mol. The maximum absolute atomic E-state index is 12.9. The van der Waals surface area contributed by atoms with Crippen LogP contribution in [-0.2, 0) is 28.6 Å². The van der Waals surface area contributed by atoms with Crippen LogP contribution in [0.5, 0.6) is 0 Å². The van der Waals surface area contributed by atoms with Gasteiger partial charge in [0.1, 0.15) is 13.2 Å². The van der Waals surface area contributed by atoms with Crippen LogP contribution in [0.25, 0.3) is 0 Å². The molecule has 0 saturated carbocycles. The molecule has 0 heterocycles. The molecular formula is C23H38O6Si. The Balaban J connectivity index is 3.50. The molecule has 1 rings (SSSR count). The van der Waals surface area contributed by atoms with E-state index in [0.717, 1.165) is 24.5 Å². The average Bonchev–Trinajstić information content (AvgIpc) is 2.61. The molecule has 0 aromatic rings. The largest absolute Gasteiger partial charge is 0.466 e. The Hall–Kier alpha value is -1.89. The molecule has 6 nitrogen and oxygen atoms in total. The first kappa shape index (κ1) is 26.1. The first-order valence-electron chi connectivity index (χ1n) is 10.6. The lowest BCUT2D eigenvalue weighted by molar-refractivity contribution is -0.141. The number of hydrogen-bond donors (Lipinski definition) is 0. The zero-order valence-electron chi connectivity index (χ0n) is 19.8. The minimum atomic E-state index is -1.45. The van der Waals surface area contributed by atoms with Crippen molar-refractivity contribution in [3.05, 3.63) is 22.8 Å². The van der Waals surface area contributed by atoms with E-state index in [0.29, 0.717) is 11.5 Å². The summed E-state index contributed by atoms with van der Waals surface area (Å²) in [5, 5.41) is 0. The van der Waals surface area contributed by atoms with Gasteiger partial charge in [-0.15, -0.1) is 0 Å². The molecule has 0 saturated heterocycles. The minimum Gasteiger partial charge on any atom is -0.466 e. The summed E-state index contributed by atoms with van der Waals surface area (Å²) in [5.41, 5.74) is 2.58. The first-order chi connectivity index (χ1) is 13.9. The number of carbonyl (C=O) groups excluding carboxylic acids is 3. The molecule has 2 atom stereocenters. The van der Waals surface area contributed by atoms with E-state index in [1.54, 1.807) is 0 Å². The van der Waals surface area contributed by atoms with Crippen LogP contribution in [0.3, 0.4) is 0 Å². The van der Waals surface area contributed by atoms with Gasteiger partial charge in [-0.05, 0) is 30.7 Å². The fourth-order valence-electron chi connectivity index (χ4n) is 4.05. The van der Waals surface area contributed by atoms with Gasteiger partial charge in [-0.1, -0.05) is 45.1 Å². The summed E-state index contributed by atoms with van der Waals surface area (Å²) in [4.78, 5) is 35.6. The topological polar surface area (TPSA) is 78.9 Å². The van der Waals surface area contributed by atoms with Gasteiger partial charge in [0.25, 0.3) is 0 Å². The summed E-state index contributed by atoms with van der Waals surface area (Å²) in [7, 11) is -0.0325. The molecule has 0 unspecified atom stereocenters. The second-order valence-electron chi connectivity index (χ2n) is 9.60. The fraction of sp³-hybridized carbons (Fsp3) is 0.696. The van der Waals surface area contributed by atoms with Gasteiger partial charge in [-0.25, -0.2) is 4.79 Å².